The van der Waals surface area contributed by atoms with Crippen molar-refractivity contribution in [3.8, 4) is 0 Å². The number of carbonyl (C=O) groups excluding carboxylic acids is 1. The first-order valence-electron chi connectivity index (χ1n) is 6.09. The maximum atomic E-state index is 11.1. The number of amides is 1. The van der Waals surface area contributed by atoms with Crippen molar-refractivity contribution in [2.75, 3.05) is 6.54 Å². The average Bonchev–Trinajstić information content (AvgIpc) is 2.21. The Morgan fingerprint density at radius 2 is 2.00 bits per heavy atom. The highest BCUT2D eigenvalue weighted by Crippen LogP contribution is 2.09. The molecule has 0 spiro atoms. The Kier molecular flexibility index (Phi) is 4.70. The number of aryl methyl sites for hydroxylation is 2. The van der Waals surface area contributed by atoms with Crippen LogP contribution in [0.3, 0.4) is 0 Å². The van der Waals surface area contributed by atoms with Gasteiger partial charge in [0.1, 0.15) is 6.54 Å². The number of benzene rings is 1. The van der Waals surface area contributed by atoms with Crippen molar-refractivity contribution in [2.45, 2.75) is 40.3 Å². The molecular formula is C14H23N2O+. The van der Waals surface area contributed by atoms with Crippen LogP contribution in [0.4, 0.5) is 0 Å². The van der Waals surface area contributed by atoms with Gasteiger partial charge in [0, 0.05) is 5.56 Å². The lowest BCUT2D eigenvalue weighted by molar-refractivity contribution is -0.927. The van der Waals surface area contributed by atoms with Crippen molar-refractivity contribution in [3.63, 3.8) is 0 Å². The molecule has 1 atom stereocenters. The van der Waals surface area contributed by atoms with Gasteiger partial charge >= 0.3 is 0 Å². The molecule has 1 unspecified atom stereocenters. The van der Waals surface area contributed by atoms with Gasteiger partial charge in [-0.15, -0.1) is 0 Å². The Bertz CT molecular complexity index is 399. The van der Waals surface area contributed by atoms with E-state index in [1.807, 2.05) is 0 Å². The van der Waals surface area contributed by atoms with E-state index in [4.69, 9.17) is 5.73 Å². The highest BCUT2D eigenvalue weighted by Gasteiger charge is 2.17. The van der Waals surface area contributed by atoms with Gasteiger partial charge in [-0.25, -0.2) is 0 Å². The molecule has 0 aliphatic heterocycles. The van der Waals surface area contributed by atoms with Crippen LogP contribution in [0.1, 0.15) is 30.5 Å². The van der Waals surface area contributed by atoms with Crippen molar-refractivity contribution >= 4 is 5.91 Å². The van der Waals surface area contributed by atoms with E-state index in [1.54, 1.807) is 0 Å². The molecular weight excluding hydrogens is 212 g/mol. The summed E-state index contributed by atoms with van der Waals surface area (Å²) >= 11 is 0. The summed E-state index contributed by atoms with van der Waals surface area (Å²) in [6.07, 6.45) is 0. The van der Waals surface area contributed by atoms with Crippen molar-refractivity contribution in [1.82, 2.24) is 0 Å². The third-order valence-corrected chi connectivity index (χ3v) is 3.14. The number of nitrogens with one attached hydrogen (secondary N) is 1. The first kappa shape index (κ1) is 13.7. The summed E-state index contributed by atoms with van der Waals surface area (Å²) in [5, 5.41) is 0. The summed E-state index contributed by atoms with van der Waals surface area (Å²) in [5.41, 5.74) is 9.13. The van der Waals surface area contributed by atoms with Crippen LogP contribution in [0.25, 0.3) is 0 Å². The highest BCUT2D eigenvalue weighted by atomic mass is 16.1. The first-order chi connectivity index (χ1) is 7.90. The number of quaternary nitrogens is 1. The van der Waals surface area contributed by atoms with E-state index >= 15 is 0 Å². The van der Waals surface area contributed by atoms with E-state index < -0.39 is 0 Å². The zero-order valence-electron chi connectivity index (χ0n) is 11.2. The molecule has 0 saturated heterocycles. The van der Waals surface area contributed by atoms with Crippen LogP contribution >= 0.6 is 0 Å². The van der Waals surface area contributed by atoms with Gasteiger partial charge in [-0.2, -0.15) is 0 Å². The smallest absolute Gasteiger partial charge is 0.272 e. The van der Waals surface area contributed by atoms with Crippen LogP contribution in [0.5, 0.6) is 0 Å². The second kappa shape index (κ2) is 5.82. The molecule has 3 nitrogen and oxygen atoms in total. The Hall–Kier alpha value is -1.35. The molecule has 1 aromatic carbocycles. The number of rotatable bonds is 5. The monoisotopic (exact) mass is 235 g/mol. The predicted molar refractivity (Wildman–Crippen MR) is 69.8 cm³/mol. The molecule has 0 radical (unpaired) electrons. The van der Waals surface area contributed by atoms with Crippen LogP contribution in [-0.2, 0) is 11.3 Å². The van der Waals surface area contributed by atoms with Crippen molar-refractivity contribution < 1.29 is 9.69 Å². The lowest BCUT2D eigenvalue weighted by Gasteiger charge is -2.23. The molecule has 0 saturated carbocycles. The van der Waals surface area contributed by atoms with Crippen LogP contribution in [0, 0.1) is 13.8 Å². The van der Waals surface area contributed by atoms with Crippen molar-refractivity contribution in [3.05, 3.63) is 34.9 Å². The largest absolute Gasteiger partial charge is 0.365 e. The van der Waals surface area contributed by atoms with E-state index in [9.17, 15) is 4.79 Å². The fourth-order valence-electron chi connectivity index (χ4n) is 1.93. The summed E-state index contributed by atoms with van der Waals surface area (Å²) in [6.45, 7) is 9.68. The van der Waals surface area contributed by atoms with E-state index in [2.05, 4.69) is 45.9 Å². The Morgan fingerprint density at radius 1 is 1.35 bits per heavy atom. The fourth-order valence-corrected chi connectivity index (χ4v) is 1.93. The minimum absolute atomic E-state index is 0.237. The summed E-state index contributed by atoms with van der Waals surface area (Å²) < 4.78 is 0. The number of hydrogen-bond donors (Lipinski definition) is 2. The predicted octanol–water partition coefficient (Wildman–Crippen LogP) is 0.582. The van der Waals surface area contributed by atoms with Crippen molar-refractivity contribution in [2.24, 2.45) is 5.73 Å². The molecule has 0 heterocycles. The van der Waals surface area contributed by atoms with E-state index in [0.29, 0.717) is 12.6 Å². The summed E-state index contributed by atoms with van der Waals surface area (Å²) in [7, 11) is 0. The van der Waals surface area contributed by atoms with Gasteiger partial charge in [-0.1, -0.05) is 23.8 Å². The van der Waals surface area contributed by atoms with Gasteiger partial charge < -0.3 is 10.6 Å². The Morgan fingerprint density at radius 3 is 2.53 bits per heavy atom. The minimum atomic E-state index is -0.237. The number of carbonyl (C=O) groups is 1. The topological polar surface area (TPSA) is 47.5 Å². The molecule has 0 aliphatic carbocycles. The summed E-state index contributed by atoms with van der Waals surface area (Å²) in [5.74, 6) is -0.237. The molecule has 1 amide bonds. The van der Waals surface area contributed by atoms with Crippen molar-refractivity contribution in [1.29, 1.82) is 0 Å². The van der Waals surface area contributed by atoms with E-state index in [1.165, 1.54) is 21.6 Å². The molecule has 1 rings (SSSR count). The van der Waals surface area contributed by atoms with E-state index in [0.717, 1.165) is 6.54 Å². The third-order valence-electron chi connectivity index (χ3n) is 3.14. The molecule has 94 valence electrons. The number of primary amides is 1. The summed E-state index contributed by atoms with van der Waals surface area (Å²) in [4.78, 5) is 12.3. The molecule has 0 bridgehead atoms. The maximum Gasteiger partial charge on any atom is 0.272 e. The molecule has 0 aliphatic rings. The lowest BCUT2D eigenvalue weighted by atomic mass is 10.0. The number of hydrogen-bond acceptors (Lipinski definition) is 1. The van der Waals surface area contributed by atoms with Crippen LogP contribution in [0.15, 0.2) is 18.2 Å². The zero-order valence-corrected chi connectivity index (χ0v) is 11.2. The van der Waals surface area contributed by atoms with Crippen LogP contribution in [-0.4, -0.2) is 18.5 Å². The molecule has 17 heavy (non-hydrogen) atoms. The molecule has 3 N–H and O–H groups in total. The Balaban J connectivity index is 2.85. The second-order valence-corrected chi connectivity index (χ2v) is 5.06. The quantitative estimate of drug-likeness (QED) is 0.770. The minimum Gasteiger partial charge on any atom is -0.365 e. The molecule has 1 aromatic rings. The molecule has 0 fully saturated rings. The normalized spacial score (nSPS) is 12.8. The van der Waals surface area contributed by atoms with Gasteiger partial charge in [-0.3, -0.25) is 4.79 Å². The maximum absolute atomic E-state index is 11.1. The van der Waals surface area contributed by atoms with Crippen LogP contribution < -0.4 is 10.6 Å². The standard InChI is InChI=1S/C14H22N2O/c1-10(2)16(9-14(15)17)8-13-7-11(3)5-6-12(13)4/h5-7,10H,8-9H2,1-4H3,(H2,15,17)/p+1. The summed E-state index contributed by atoms with van der Waals surface area (Å²) in [6, 6.07) is 6.83. The highest BCUT2D eigenvalue weighted by molar-refractivity contribution is 5.74. The van der Waals surface area contributed by atoms with E-state index in [-0.39, 0.29) is 5.91 Å². The van der Waals surface area contributed by atoms with Gasteiger partial charge in [0.25, 0.3) is 5.91 Å². The third kappa shape index (κ3) is 4.19. The fraction of sp³-hybridized carbons (Fsp3) is 0.500. The average molecular weight is 235 g/mol. The van der Waals surface area contributed by atoms with Crippen LogP contribution in [0.2, 0.25) is 0 Å². The second-order valence-electron chi connectivity index (χ2n) is 5.06. The van der Waals surface area contributed by atoms with Gasteiger partial charge in [0.05, 0.1) is 6.04 Å². The molecule has 0 aromatic heterocycles. The SMILES string of the molecule is Cc1ccc(C)c(C[NH+](CC(N)=O)C(C)C)c1. The van der Waals surface area contributed by atoms with Gasteiger partial charge in [-0.05, 0) is 33.3 Å². The van der Waals surface area contributed by atoms with Gasteiger partial charge in [0.2, 0.25) is 0 Å². The Labute approximate surface area is 104 Å². The first-order valence-corrected chi connectivity index (χ1v) is 6.09. The molecule has 3 heteroatoms. The lowest BCUT2D eigenvalue weighted by Crippen LogP contribution is -3.14. The zero-order chi connectivity index (χ0) is 13.0. The number of nitrogens with two attached hydrogens (primary N) is 1. The van der Waals surface area contributed by atoms with Gasteiger partial charge in [0.15, 0.2) is 6.54 Å².